The van der Waals surface area contributed by atoms with Crippen molar-refractivity contribution in [3.8, 4) is 11.4 Å². The Morgan fingerprint density at radius 3 is 2.00 bits per heavy atom. The van der Waals surface area contributed by atoms with Crippen LogP contribution in [-0.2, 0) is 16.0 Å². The standard InChI is InChI=1S/C21H22N2O3/c1-3-26-20(24)15-14-19-16(2)22(17-10-6-4-7-11-17)23(21(19)25)18-12-8-5-9-13-18/h4-13H,3,14-15H2,1-2H3. The van der Waals surface area contributed by atoms with E-state index in [1.165, 1.54) is 0 Å². The van der Waals surface area contributed by atoms with Gasteiger partial charge in [0, 0.05) is 17.7 Å². The molecule has 0 saturated heterocycles. The number of esters is 1. The molecule has 1 heterocycles. The summed E-state index contributed by atoms with van der Waals surface area (Å²) in [6.45, 7) is 4.03. The topological polar surface area (TPSA) is 53.2 Å². The fourth-order valence-corrected chi connectivity index (χ4v) is 3.08. The number of rotatable bonds is 6. The number of hydrogen-bond donors (Lipinski definition) is 0. The van der Waals surface area contributed by atoms with E-state index in [9.17, 15) is 9.59 Å². The molecule has 0 bridgehead atoms. The first-order chi connectivity index (χ1) is 12.6. The highest BCUT2D eigenvalue weighted by Gasteiger charge is 2.20. The Morgan fingerprint density at radius 2 is 1.46 bits per heavy atom. The molecule has 0 spiro atoms. The van der Waals surface area contributed by atoms with E-state index >= 15 is 0 Å². The third kappa shape index (κ3) is 3.47. The maximum Gasteiger partial charge on any atom is 0.306 e. The zero-order valence-electron chi connectivity index (χ0n) is 15.0. The van der Waals surface area contributed by atoms with Crippen molar-refractivity contribution >= 4 is 5.97 Å². The highest BCUT2D eigenvalue weighted by atomic mass is 16.5. The van der Waals surface area contributed by atoms with Crippen molar-refractivity contribution in [1.82, 2.24) is 9.36 Å². The highest BCUT2D eigenvalue weighted by molar-refractivity contribution is 5.69. The van der Waals surface area contributed by atoms with Crippen LogP contribution in [0, 0.1) is 6.92 Å². The third-order valence-corrected chi connectivity index (χ3v) is 4.29. The number of hydrogen-bond acceptors (Lipinski definition) is 3. The van der Waals surface area contributed by atoms with Crippen molar-refractivity contribution < 1.29 is 9.53 Å². The summed E-state index contributed by atoms with van der Waals surface area (Å²) in [6, 6.07) is 19.2. The van der Waals surface area contributed by atoms with Gasteiger partial charge in [0.05, 0.1) is 18.0 Å². The first-order valence-corrected chi connectivity index (χ1v) is 8.73. The van der Waals surface area contributed by atoms with Crippen molar-refractivity contribution in [2.45, 2.75) is 26.7 Å². The molecule has 0 saturated carbocycles. The van der Waals surface area contributed by atoms with Gasteiger partial charge in [-0.2, -0.15) is 0 Å². The first kappa shape index (κ1) is 17.7. The Balaban J connectivity index is 2.12. The summed E-state index contributed by atoms with van der Waals surface area (Å²) < 4.78 is 8.55. The molecule has 0 N–H and O–H groups in total. The second kappa shape index (κ2) is 7.87. The minimum absolute atomic E-state index is 0.109. The summed E-state index contributed by atoms with van der Waals surface area (Å²) in [5.74, 6) is -0.287. The Kier molecular flexibility index (Phi) is 5.37. The molecule has 3 rings (SSSR count). The number of para-hydroxylation sites is 2. The number of carbonyl (C=O) groups is 1. The lowest BCUT2D eigenvalue weighted by Crippen LogP contribution is -2.22. The van der Waals surface area contributed by atoms with Crippen molar-refractivity contribution in [3.63, 3.8) is 0 Å². The van der Waals surface area contributed by atoms with E-state index in [-0.39, 0.29) is 17.9 Å². The quantitative estimate of drug-likeness (QED) is 0.640. The van der Waals surface area contributed by atoms with Crippen LogP contribution in [-0.4, -0.2) is 21.9 Å². The van der Waals surface area contributed by atoms with Gasteiger partial charge in [-0.05, 0) is 44.5 Å². The molecule has 0 fully saturated rings. The normalized spacial score (nSPS) is 10.7. The second-order valence-corrected chi connectivity index (χ2v) is 5.97. The van der Waals surface area contributed by atoms with Gasteiger partial charge in [0.1, 0.15) is 0 Å². The number of aromatic nitrogens is 2. The number of ether oxygens (including phenoxy) is 1. The maximum absolute atomic E-state index is 13.1. The minimum atomic E-state index is -0.287. The second-order valence-electron chi connectivity index (χ2n) is 5.97. The van der Waals surface area contributed by atoms with Crippen LogP contribution in [0.25, 0.3) is 11.4 Å². The summed E-state index contributed by atoms with van der Waals surface area (Å²) >= 11 is 0. The van der Waals surface area contributed by atoms with Gasteiger partial charge < -0.3 is 4.74 Å². The van der Waals surface area contributed by atoms with Gasteiger partial charge in [-0.15, -0.1) is 0 Å². The Labute approximate surface area is 152 Å². The molecule has 0 amide bonds. The van der Waals surface area contributed by atoms with Gasteiger partial charge >= 0.3 is 5.97 Å². The SMILES string of the molecule is CCOC(=O)CCc1c(C)n(-c2ccccc2)n(-c2ccccc2)c1=O. The maximum atomic E-state index is 13.1. The number of nitrogens with zero attached hydrogens (tertiary/aromatic N) is 2. The molecule has 1 aromatic heterocycles. The summed E-state index contributed by atoms with van der Waals surface area (Å²) in [6.07, 6.45) is 0.549. The first-order valence-electron chi connectivity index (χ1n) is 8.73. The van der Waals surface area contributed by atoms with Crippen LogP contribution in [0.15, 0.2) is 65.5 Å². The van der Waals surface area contributed by atoms with Gasteiger partial charge in [0.25, 0.3) is 5.56 Å². The fourth-order valence-electron chi connectivity index (χ4n) is 3.08. The molecule has 0 radical (unpaired) electrons. The molecule has 0 atom stereocenters. The van der Waals surface area contributed by atoms with E-state index in [4.69, 9.17) is 4.74 Å². The van der Waals surface area contributed by atoms with Crippen LogP contribution in [0.4, 0.5) is 0 Å². The lowest BCUT2D eigenvalue weighted by Gasteiger charge is -2.13. The molecule has 0 aliphatic rings. The van der Waals surface area contributed by atoms with E-state index < -0.39 is 0 Å². The molecule has 26 heavy (non-hydrogen) atoms. The summed E-state index contributed by atoms with van der Waals surface area (Å²) in [5.41, 5.74) is 3.03. The zero-order valence-corrected chi connectivity index (χ0v) is 15.0. The molecule has 5 heteroatoms. The summed E-state index contributed by atoms with van der Waals surface area (Å²) in [7, 11) is 0. The molecule has 2 aromatic carbocycles. The minimum Gasteiger partial charge on any atom is -0.466 e. The van der Waals surface area contributed by atoms with Gasteiger partial charge in [0.15, 0.2) is 0 Å². The fraction of sp³-hybridized carbons (Fsp3) is 0.238. The third-order valence-electron chi connectivity index (χ3n) is 4.29. The van der Waals surface area contributed by atoms with Crippen LogP contribution < -0.4 is 5.56 Å². The Bertz CT molecular complexity index is 941. The van der Waals surface area contributed by atoms with E-state index in [2.05, 4.69) is 0 Å². The highest BCUT2D eigenvalue weighted by Crippen LogP contribution is 2.18. The average Bonchev–Trinajstić information content (AvgIpc) is 2.92. The van der Waals surface area contributed by atoms with Crippen LogP contribution >= 0.6 is 0 Å². The van der Waals surface area contributed by atoms with E-state index in [1.807, 2.05) is 72.3 Å². The van der Waals surface area contributed by atoms with E-state index in [0.29, 0.717) is 18.6 Å². The Morgan fingerprint density at radius 1 is 0.923 bits per heavy atom. The molecule has 134 valence electrons. The average molecular weight is 350 g/mol. The summed E-state index contributed by atoms with van der Waals surface area (Å²) in [5, 5.41) is 0. The van der Waals surface area contributed by atoms with Crippen molar-refractivity contribution in [2.75, 3.05) is 6.61 Å². The molecule has 0 aliphatic heterocycles. The molecule has 0 aliphatic carbocycles. The molecule has 3 aromatic rings. The molecular weight excluding hydrogens is 328 g/mol. The number of carbonyl (C=O) groups excluding carboxylic acids is 1. The zero-order chi connectivity index (χ0) is 18.5. The van der Waals surface area contributed by atoms with Gasteiger partial charge in [-0.1, -0.05) is 36.4 Å². The van der Waals surface area contributed by atoms with Crippen molar-refractivity contribution in [2.24, 2.45) is 0 Å². The number of benzene rings is 2. The lowest BCUT2D eigenvalue weighted by atomic mass is 10.1. The summed E-state index contributed by atoms with van der Waals surface area (Å²) in [4.78, 5) is 24.9. The van der Waals surface area contributed by atoms with Gasteiger partial charge in [0.2, 0.25) is 0 Å². The predicted octanol–water partition coefficient (Wildman–Crippen LogP) is 3.43. The van der Waals surface area contributed by atoms with Crippen LogP contribution in [0.1, 0.15) is 24.6 Å². The van der Waals surface area contributed by atoms with Gasteiger partial charge in [-0.25, -0.2) is 4.68 Å². The van der Waals surface area contributed by atoms with E-state index in [1.54, 1.807) is 11.6 Å². The van der Waals surface area contributed by atoms with Gasteiger partial charge in [-0.3, -0.25) is 14.3 Å². The smallest absolute Gasteiger partial charge is 0.306 e. The van der Waals surface area contributed by atoms with Crippen molar-refractivity contribution in [1.29, 1.82) is 0 Å². The molecular formula is C21H22N2O3. The largest absolute Gasteiger partial charge is 0.466 e. The Hall–Kier alpha value is -3.08. The monoisotopic (exact) mass is 350 g/mol. The van der Waals surface area contributed by atoms with Crippen LogP contribution in [0.5, 0.6) is 0 Å². The van der Waals surface area contributed by atoms with E-state index in [0.717, 1.165) is 17.1 Å². The lowest BCUT2D eigenvalue weighted by molar-refractivity contribution is -0.143. The van der Waals surface area contributed by atoms with Crippen molar-refractivity contribution in [3.05, 3.63) is 82.3 Å². The molecule has 0 unspecified atom stereocenters. The predicted molar refractivity (Wildman–Crippen MR) is 101 cm³/mol. The van der Waals surface area contributed by atoms with Crippen LogP contribution in [0.2, 0.25) is 0 Å². The van der Waals surface area contributed by atoms with Crippen LogP contribution in [0.3, 0.4) is 0 Å². The molecule has 5 nitrogen and oxygen atoms in total.